The van der Waals surface area contributed by atoms with Crippen LogP contribution in [0.3, 0.4) is 0 Å². The molecule has 0 saturated heterocycles. The van der Waals surface area contributed by atoms with Crippen molar-refractivity contribution >= 4 is 17.1 Å². The van der Waals surface area contributed by atoms with Gasteiger partial charge in [0.15, 0.2) is 5.71 Å². The van der Waals surface area contributed by atoms with Crippen molar-refractivity contribution in [2.45, 2.75) is 52.4 Å². The first-order valence-electron chi connectivity index (χ1n) is 11.5. The van der Waals surface area contributed by atoms with Gasteiger partial charge in [0.1, 0.15) is 6.54 Å². The number of hydrogen-bond acceptors (Lipinski definition) is 1. The highest BCUT2D eigenvalue weighted by atomic mass is 127. The van der Waals surface area contributed by atoms with E-state index in [1.165, 1.54) is 33.9 Å². The van der Waals surface area contributed by atoms with Gasteiger partial charge in [0, 0.05) is 41.1 Å². The Balaban J connectivity index is 0.00000289. The average molecular weight is 539 g/mol. The van der Waals surface area contributed by atoms with Gasteiger partial charge >= 0.3 is 0 Å². The fourth-order valence-electron chi connectivity index (χ4n) is 5.32. The largest absolute Gasteiger partial charge is 1.00 e. The van der Waals surface area contributed by atoms with Gasteiger partial charge in [-0.2, -0.15) is 4.58 Å². The normalized spacial score (nSPS) is 19.7. The van der Waals surface area contributed by atoms with E-state index in [4.69, 9.17) is 0 Å². The summed E-state index contributed by atoms with van der Waals surface area (Å²) in [5.74, 6) is 0. The summed E-state index contributed by atoms with van der Waals surface area (Å²) in [6, 6.07) is 17.6. The Hall–Kier alpha value is -2.14. The number of likely N-dealkylation sites (N-methyl/N-ethyl adjacent to an activating group) is 1. The van der Waals surface area contributed by atoms with E-state index in [2.05, 4.69) is 130 Å². The lowest BCUT2D eigenvalue weighted by atomic mass is 9.81. The van der Waals surface area contributed by atoms with Crippen LogP contribution in [0.1, 0.15) is 52.7 Å². The average Bonchev–Trinajstić information content (AvgIpc) is 3.12. The highest BCUT2D eigenvalue weighted by molar-refractivity contribution is 6.03. The number of para-hydroxylation sites is 2. The van der Waals surface area contributed by atoms with Gasteiger partial charge in [-0.1, -0.05) is 68.5 Å². The highest BCUT2D eigenvalue weighted by Crippen LogP contribution is 2.47. The minimum atomic E-state index is 0. The number of anilines is 1. The molecule has 0 fully saturated rings. The summed E-state index contributed by atoms with van der Waals surface area (Å²) >= 11 is 0. The maximum Gasteiger partial charge on any atom is 0.209 e. The van der Waals surface area contributed by atoms with Crippen molar-refractivity contribution in [3.63, 3.8) is 0 Å². The summed E-state index contributed by atoms with van der Waals surface area (Å²) in [5.41, 5.74) is 8.25. The molecular weight excluding hydrogens is 503 g/mol. The van der Waals surface area contributed by atoms with Crippen LogP contribution >= 0.6 is 0 Å². The molecule has 0 amide bonds. The fraction of sp³-hybridized carbons (Fsp3) is 0.345. The number of rotatable bonds is 5. The van der Waals surface area contributed by atoms with E-state index in [1.807, 2.05) is 0 Å². The first-order valence-corrected chi connectivity index (χ1v) is 11.5. The van der Waals surface area contributed by atoms with Crippen LogP contribution in [0.4, 0.5) is 11.4 Å². The van der Waals surface area contributed by atoms with Gasteiger partial charge in [-0.15, -0.1) is 0 Å². The van der Waals surface area contributed by atoms with Crippen LogP contribution in [0.25, 0.3) is 0 Å². The standard InChI is InChI=1S/C29H35N2.HI/c1-7-30-24-18-14-12-16-22(24)28(3,4)26(30)20-10-9-11-21-27-29(5,6)23-17-13-15-19-25(23)31(27)8-2;/h9-21H,7-8H2,1-6H3;1H/q+1;/p-1. The number of allylic oxidation sites excluding steroid dienone is 6. The van der Waals surface area contributed by atoms with Crippen LogP contribution in [0, 0.1) is 0 Å². The highest BCUT2D eigenvalue weighted by Gasteiger charge is 2.43. The van der Waals surface area contributed by atoms with Gasteiger partial charge in [0.25, 0.3) is 0 Å². The molecule has 2 aromatic carbocycles. The zero-order valence-electron chi connectivity index (χ0n) is 20.2. The smallest absolute Gasteiger partial charge is 0.209 e. The zero-order valence-corrected chi connectivity index (χ0v) is 22.3. The lowest BCUT2D eigenvalue weighted by molar-refractivity contribution is -0.433. The number of fused-ring (bicyclic) bond motifs is 2. The molecule has 2 heterocycles. The van der Waals surface area contributed by atoms with Crippen LogP contribution in [-0.4, -0.2) is 23.4 Å². The third-order valence-electron chi connectivity index (χ3n) is 6.96. The van der Waals surface area contributed by atoms with Gasteiger partial charge in [-0.05, 0) is 45.4 Å². The van der Waals surface area contributed by atoms with Crippen LogP contribution in [0.5, 0.6) is 0 Å². The number of benzene rings is 2. The Morgan fingerprint density at radius 3 is 2.16 bits per heavy atom. The lowest BCUT2D eigenvalue weighted by Gasteiger charge is -2.25. The first kappa shape index (κ1) is 24.5. The monoisotopic (exact) mass is 538 g/mol. The third-order valence-corrected chi connectivity index (χ3v) is 6.96. The minimum Gasteiger partial charge on any atom is -1.00 e. The van der Waals surface area contributed by atoms with Crippen molar-refractivity contribution in [2.75, 3.05) is 18.0 Å². The maximum atomic E-state index is 2.44. The first-order chi connectivity index (χ1) is 14.8. The number of nitrogens with zero attached hydrogens (tertiary/aromatic N) is 2. The van der Waals surface area contributed by atoms with Gasteiger partial charge < -0.3 is 28.9 Å². The molecule has 0 aliphatic carbocycles. The summed E-state index contributed by atoms with van der Waals surface area (Å²) in [5, 5.41) is 0. The van der Waals surface area contributed by atoms with E-state index in [9.17, 15) is 0 Å². The molecule has 3 heteroatoms. The second-order valence-electron chi connectivity index (χ2n) is 9.45. The molecule has 0 bridgehead atoms. The van der Waals surface area contributed by atoms with Crippen LogP contribution in [-0.2, 0) is 10.8 Å². The van der Waals surface area contributed by atoms with E-state index in [0.29, 0.717) is 0 Å². The molecular formula is C29H35IN2. The molecule has 2 nitrogen and oxygen atoms in total. The molecule has 2 aliphatic heterocycles. The summed E-state index contributed by atoms with van der Waals surface area (Å²) in [4.78, 5) is 2.44. The summed E-state index contributed by atoms with van der Waals surface area (Å²) in [6.45, 7) is 15.7. The molecule has 0 saturated carbocycles. The Labute approximate surface area is 211 Å². The van der Waals surface area contributed by atoms with Crippen molar-refractivity contribution in [1.29, 1.82) is 0 Å². The van der Waals surface area contributed by atoms with Gasteiger partial charge in [0.05, 0.1) is 5.41 Å². The second kappa shape index (κ2) is 9.38. The Morgan fingerprint density at radius 2 is 1.47 bits per heavy atom. The van der Waals surface area contributed by atoms with E-state index < -0.39 is 0 Å². The van der Waals surface area contributed by atoms with Gasteiger partial charge in [0.2, 0.25) is 5.69 Å². The molecule has 0 aromatic heterocycles. The Kier molecular flexibility index (Phi) is 7.18. The Morgan fingerprint density at radius 1 is 0.812 bits per heavy atom. The minimum absolute atomic E-state index is 0. The molecule has 0 radical (unpaired) electrons. The molecule has 0 unspecified atom stereocenters. The van der Waals surface area contributed by atoms with Crippen LogP contribution in [0.2, 0.25) is 0 Å². The van der Waals surface area contributed by atoms with E-state index in [1.54, 1.807) is 0 Å². The molecule has 2 aromatic rings. The fourth-order valence-corrected chi connectivity index (χ4v) is 5.32. The van der Waals surface area contributed by atoms with Crippen LogP contribution in [0.15, 0.2) is 84.6 Å². The zero-order chi connectivity index (χ0) is 22.2. The Bertz CT molecular complexity index is 1120. The molecule has 168 valence electrons. The molecule has 4 rings (SSSR count). The predicted molar refractivity (Wildman–Crippen MR) is 134 cm³/mol. The summed E-state index contributed by atoms with van der Waals surface area (Å²) in [6.07, 6.45) is 11.1. The van der Waals surface area contributed by atoms with Crippen molar-refractivity contribution in [1.82, 2.24) is 0 Å². The number of halogens is 1. The van der Waals surface area contributed by atoms with Crippen molar-refractivity contribution in [3.05, 3.63) is 95.7 Å². The SMILES string of the molecule is CCN1\C(=C/C=C/C=C\C2=[N+](CC)c3ccccc3C2(C)C)C(C)(C)c2ccccc21.[I-]. The number of hydrogen-bond donors (Lipinski definition) is 0. The third kappa shape index (κ3) is 3.89. The van der Waals surface area contributed by atoms with Crippen molar-refractivity contribution in [2.24, 2.45) is 0 Å². The molecule has 2 aliphatic rings. The van der Waals surface area contributed by atoms with E-state index in [-0.39, 0.29) is 34.8 Å². The lowest BCUT2D eigenvalue weighted by Crippen LogP contribution is -3.00. The molecule has 32 heavy (non-hydrogen) atoms. The molecule has 0 atom stereocenters. The van der Waals surface area contributed by atoms with Crippen LogP contribution < -0.4 is 28.9 Å². The molecule has 0 spiro atoms. The second-order valence-corrected chi connectivity index (χ2v) is 9.45. The topological polar surface area (TPSA) is 6.25 Å². The van der Waals surface area contributed by atoms with Crippen molar-refractivity contribution < 1.29 is 28.6 Å². The van der Waals surface area contributed by atoms with E-state index >= 15 is 0 Å². The van der Waals surface area contributed by atoms with E-state index in [0.717, 1.165) is 13.1 Å². The van der Waals surface area contributed by atoms with Crippen molar-refractivity contribution in [3.8, 4) is 0 Å². The molecule has 0 N–H and O–H groups in total. The summed E-state index contributed by atoms with van der Waals surface area (Å²) < 4.78 is 2.44. The summed E-state index contributed by atoms with van der Waals surface area (Å²) in [7, 11) is 0. The quantitative estimate of drug-likeness (QED) is 0.318. The van der Waals surface area contributed by atoms with Gasteiger partial charge in [-0.25, -0.2) is 0 Å². The van der Waals surface area contributed by atoms with Gasteiger partial charge in [-0.3, -0.25) is 0 Å². The maximum absolute atomic E-state index is 2.44. The predicted octanol–water partition coefficient (Wildman–Crippen LogP) is 3.90.